The molecule has 4 heteroatoms. The second-order valence-electron chi connectivity index (χ2n) is 6.25. The van der Waals surface area contributed by atoms with E-state index < -0.39 is 0 Å². The first-order valence-corrected chi connectivity index (χ1v) is 7.46. The molecule has 0 heterocycles. The summed E-state index contributed by atoms with van der Waals surface area (Å²) in [5, 5.41) is 28.7. The van der Waals surface area contributed by atoms with Gasteiger partial charge in [0, 0.05) is 18.1 Å². The van der Waals surface area contributed by atoms with Crippen LogP contribution in [0.4, 0.5) is 0 Å². The summed E-state index contributed by atoms with van der Waals surface area (Å²) >= 11 is 0. The van der Waals surface area contributed by atoms with Crippen LogP contribution in [0.25, 0.3) is 0 Å². The van der Waals surface area contributed by atoms with Gasteiger partial charge in [-0.1, -0.05) is 0 Å². The minimum atomic E-state index is -0.338. The highest BCUT2D eigenvalue weighted by molar-refractivity contribution is 4.82. The van der Waals surface area contributed by atoms with E-state index in [1.54, 1.807) is 20.8 Å². The van der Waals surface area contributed by atoms with Crippen molar-refractivity contribution in [3.63, 3.8) is 0 Å². The molecule has 116 valence electrons. The van der Waals surface area contributed by atoms with E-state index in [4.69, 9.17) is 0 Å². The van der Waals surface area contributed by atoms with Gasteiger partial charge in [0.05, 0.1) is 18.3 Å². The Labute approximate surface area is 118 Å². The molecule has 0 fully saturated rings. The Kier molecular flexibility index (Phi) is 8.83. The van der Waals surface area contributed by atoms with Gasteiger partial charge in [-0.05, 0) is 60.8 Å². The van der Waals surface area contributed by atoms with Crippen LogP contribution >= 0.6 is 0 Å². The van der Waals surface area contributed by atoms with Crippen molar-refractivity contribution in [2.24, 2.45) is 0 Å². The number of aliphatic hydroxyl groups is 3. The standard InChI is InChI=1S/C15H33NO3/c1-10(7-13(4)17)16(11(2)8-14(5)18)12(3)9-15(6)19/h10-15,17-19H,7-9H2,1-6H3. The van der Waals surface area contributed by atoms with Gasteiger partial charge < -0.3 is 15.3 Å². The molecule has 0 rings (SSSR count). The fourth-order valence-corrected chi connectivity index (χ4v) is 3.15. The van der Waals surface area contributed by atoms with Crippen molar-refractivity contribution in [3.05, 3.63) is 0 Å². The van der Waals surface area contributed by atoms with E-state index in [9.17, 15) is 15.3 Å². The van der Waals surface area contributed by atoms with Gasteiger partial charge in [0.15, 0.2) is 0 Å². The van der Waals surface area contributed by atoms with Crippen LogP contribution in [0.15, 0.2) is 0 Å². The summed E-state index contributed by atoms with van der Waals surface area (Å²) in [4.78, 5) is 2.31. The van der Waals surface area contributed by atoms with E-state index in [0.29, 0.717) is 19.3 Å². The lowest BCUT2D eigenvalue weighted by atomic mass is 9.99. The van der Waals surface area contributed by atoms with Crippen molar-refractivity contribution in [1.82, 2.24) is 4.90 Å². The average molecular weight is 275 g/mol. The lowest BCUT2D eigenvalue weighted by molar-refractivity contribution is 0.0251. The Morgan fingerprint density at radius 1 is 0.579 bits per heavy atom. The third kappa shape index (κ3) is 7.88. The highest BCUT2D eigenvalue weighted by Gasteiger charge is 2.27. The summed E-state index contributed by atoms with van der Waals surface area (Å²) in [7, 11) is 0. The largest absolute Gasteiger partial charge is 0.393 e. The summed E-state index contributed by atoms with van der Waals surface area (Å²) in [5.41, 5.74) is 0. The second kappa shape index (κ2) is 8.90. The minimum Gasteiger partial charge on any atom is -0.393 e. The monoisotopic (exact) mass is 275 g/mol. The SMILES string of the molecule is CC(O)CC(C)N(C(C)CC(C)O)C(C)CC(C)O. The first kappa shape index (κ1) is 18.8. The van der Waals surface area contributed by atoms with Gasteiger partial charge in [0.25, 0.3) is 0 Å². The summed E-state index contributed by atoms with van der Waals surface area (Å²) in [6.45, 7) is 11.7. The third-order valence-electron chi connectivity index (χ3n) is 3.57. The van der Waals surface area contributed by atoms with E-state index in [1.807, 2.05) is 0 Å². The summed E-state index contributed by atoms with van der Waals surface area (Å²) in [6.07, 6.45) is 1.09. The number of hydrogen-bond donors (Lipinski definition) is 3. The lowest BCUT2D eigenvalue weighted by Crippen LogP contribution is -2.48. The number of rotatable bonds is 9. The summed E-state index contributed by atoms with van der Waals surface area (Å²) in [6, 6.07) is 0.674. The molecular formula is C15H33NO3. The zero-order valence-corrected chi connectivity index (χ0v) is 13.4. The molecule has 0 saturated carbocycles. The van der Waals surface area contributed by atoms with Crippen LogP contribution in [-0.4, -0.2) is 56.7 Å². The van der Waals surface area contributed by atoms with Crippen molar-refractivity contribution in [2.45, 2.75) is 97.2 Å². The van der Waals surface area contributed by atoms with Gasteiger partial charge in [-0.15, -0.1) is 0 Å². The van der Waals surface area contributed by atoms with Crippen molar-refractivity contribution < 1.29 is 15.3 Å². The molecule has 0 aliphatic rings. The Morgan fingerprint density at radius 2 is 0.789 bits per heavy atom. The Bertz CT molecular complexity index is 193. The smallest absolute Gasteiger partial charge is 0.0526 e. The third-order valence-corrected chi connectivity index (χ3v) is 3.57. The number of nitrogens with zero attached hydrogens (tertiary/aromatic N) is 1. The maximum absolute atomic E-state index is 9.57. The van der Waals surface area contributed by atoms with Gasteiger partial charge >= 0.3 is 0 Å². The summed E-state index contributed by atoms with van der Waals surface area (Å²) in [5.74, 6) is 0. The molecule has 6 atom stereocenters. The predicted molar refractivity (Wildman–Crippen MR) is 79.1 cm³/mol. The highest BCUT2D eigenvalue weighted by atomic mass is 16.3. The van der Waals surface area contributed by atoms with Crippen LogP contribution in [0.1, 0.15) is 60.8 Å². The lowest BCUT2D eigenvalue weighted by Gasteiger charge is -2.41. The quantitative estimate of drug-likeness (QED) is 0.600. The van der Waals surface area contributed by atoms with Crippen LogP contribution in [0, 0.1) is 0 Å². The van der Waals surface area contributed by atoms with Crippen LogP contribution in [0.3, 0.4) is 0 Å². The molecule has 0 radical (unpaired) electrons. The van der Waals surface area contributed by atoms with E-state index >= 15 is 0 Å². The molecule has 0 aromatic carbocycles. The molecule has 0 aromatic rings. The van der Waals surface area contributed by atoms with Crippen LogP contribution in [-0.2, 0) is 0 Å². The minimum absolute atomic E-state index is 0.225. The van der Waals surface area contributed by atoms with Gasteiger partial charge in [-0.25, -0.2) is 0 Å². The molecule has 6 unspecified atom stereocenters. The maximum atomic E-state index is 9.57. The van der Waals surface area contributed by atoms with Crippen LogP contribution < -0.4 is 0 Å². The van der Waals surface area contributed by atoms with Crippen molar-refractivity contribution >= 4 is 0 Å². The zero-order valence-electron chi connectivity index (χ0n) is 13.4. The van der Waals surface area contributed by atoms with E-state index in [1.165, 1.54) is 0 Å². The number of aliphatic hydroxyl groups excluding tert-OH is 3. The van der Waals surface area contributed by atoms with Crippen molar-refractivity contribution in [2.75, 3.05) is 0 Å². The first-order valence-electron chi connectivity index (χ1n) is 7.46. The Balaban J connectivity index is 4.79. The highest BCUT2D eigenvalue weighted by Crippen LogP contribution is 2.21. The van der Waals surface area contributed by atoms with Gasteiger partial charge in [-0.2, -0.15) is 0 Å². The second-order valence-corrected chi connectivity index (χ2v) is 6.25. The topological polar surface area (TPSA) is 63.9 Å². The van der Waals surface area contributed by atoms with E-state index in [-0.39, 0.29) is 36.4 Å². The van der Waals surface area contributed by atoms with E-state index in [2.05, 4.69) is 25.7 Å². The average Bonchev–Trinajstić information content (AvgIpc) is 2.12. The van der Waals surface area contributed by atoms with Gasteiger partial charge in [-0.3, -0.25) is 4.90 Å². The van der Waals surface area contributed by atoms with Crippen molar-refractivity contribution in [3.8, 4) is 0 Å². The van der Waals surface area contributed by atoms with Crippen LogP contribution in [0.5, 0.6) is 0 Å². The fourth-order valence-electron chi connectivity index (χ4n) is 3.15. The molecule has 0 aromatic heterocycles. The zero-order chi connectivity index (χ0) is 15.2. The van der Waals surface area contributed by atoms with E-state index in [0.717, 1.165) is 0 Å². The molecule has 0 spiro atoms. The first-order chi connectivity index (χ1) is 8.65. The van der Waals surface area contributed by atoms with Crippen molar-refractivity contribution in [1.29, 1.82) is 0 Å². The molecule has 0 aliphatic heterocycles. The normalized spacial score (nSPS) is 21.8. The molecule has 3 N–H and O–H groups in total. The molecule has 0 amide bonds. The molecule has 0 saturated heterocycles. The molecule has 4 nitrogen and oxygen atoms in total. The Hall–Kier alpha value is -0.160. The number of hydrogen-bond acceptors (Lipinski definition) is 4. The Morgan fingerprint density at radius 3 is 0.947 bits per heavy atom. The van der Waals surface area contributed by atoms with Gasteiger partial charge in [0.1, 0.15) is 0 Å². The fraction of sp³-hybridized carbons (Fsp3) is 1.00. The molecular weight excluding hydrogens is 242 g/mol. The molecule has 0 aliphatic carbocycles. The summed E-state index contributed by atoms with van der Waals surface area (Å²) < 4.78 is 0. The maximum Gasteiger partial charge on any atom is 0.0526 e. The predicted octanol–water partition coefficient (Wildman–Crippen LogP) is 1.77. The molecule has 0 bridgehead atoms. The van der Waals surface area contributed by atoms with Crippen LogP contribution in [0.2, 0.25) is 0 Å². The molecule has 19 heavy (non-hydrogen) atoms. The van der Waals surface area contributed by atoms with Gasteiger partial charge in [0.2, 0.25) is 0 Å².